The highest BCUT2D eigenvalue weighted by Crippen LogP contribution is 2.19. The summed E-state index contributed by atoms with van der Waals surface area (Å²) >= 11 is 0. The third kappa shape index (κ3) is 5.86. The zero-order chi connectivity index (χ0) is 19.9. The molecule has 0 radical (unpaired) electrons. The van der Waals surface area contributed by atoms with Crippen molar-refractivity contribution in [1.82, 2.24) is 25.4 Å². The van der Waals surface area contributed by atoms with Gasteiger partial charge in [0.15, 0.2) is 5.96 Å². The smallest absolute Gasteiger partial charge is 0.191 e. The maximum Gasteiger partial charge on any atom is 0.191 e. The molecule has 7 nitrogen and oxygen atoms in total. The number of halogens is 1. The van der Waals surface area contributed by atoms with E-state index in [9.17, 15) is 0 Å². The first-order valence-electron chi connectivity index (χ1n) is 11.0. The Balaban J connectivity index is 0.00000256. The summed E-state index contributed by atoms with van der Waals surface area (Å²) in [5, 5.41) is 15.9. The average molecular weight is 523 g/mol. The van der Waals surface area contributed by atoms with Gasteiger partial charge in [-0.05, 0) is 37.8 Å². The van der Waals surface area contributed by atoms with Crippen molar-refractivity contribution in [2.45, 2.75) is 57.5 Å². The van der Waals surface area contributed by atoms with E-state index in [0.29, 0.717) is 6.04 Å². The molecule has 1 atom stereocenters. The van der Waals surface area contributed by atoms with Crippen LogP contribution in [0, 0.1) is 0 Å². The molecular weight excluding hydrogens is 489 g/mol. The fourth-order valence-corrected chi connectivity index (χ4v) is 4.32. The monoisotopic (exact) mass is 523 g/mol. The number of rotatable bonds is 6. The molecule has 4 rings (SSSR count). The summed E-state index contributed by atoms with van der Waals surface area (Å²) in [6.45, 7) is 4.05. The molecule has 0 saturated carbocycles. The fourth-order valence-electron chi connectivity index (χ4n) is 4.32. The van der Waals surface area contributed by atoms with E-state index >= 15 is 0 Å². The largest absolute Gasteiger partial charge is 0.369 e. The molecule has 1 aromatic carbocycles. The lowest BCUT2D eigenvalue weighted by Crippen LogP contribution is -2.44. The second-order valence-corrected chi connectivity index (χ2v) is 8.01. The highest BCUT2D eigenvalue weighted by Gasteiger charge is 2.23. The van der Waals surface area contributed by atoms with E-state index in [1.807, 2.05) is 7.05 Å². The van der Waals surface area contributed by atoms with E-state index in [0.717, 1.165) is 63.6 Å². The van der Waals surface area contributed by atoms with E-state index in [2.05, 4.69) is 65.6 Å². The summed E-state index contributed by atoms with van der Waals surface area (Å²) in [4.78, 5) is 6.84. The molecule has 2 aliphatic heterocycles. The summed E-state index contributed by atoms with van der Waals surface area (Å²) in [6, 6.07) is 11.1. The van der Waals surface area contributed by atoms with E-state index in [-0.39, 0.29) is 24.0 Å². The van der Waals surface area contributed by atoms with Crippen LogP contribution in [0.5, 0.6) is 0 Å². The number of nitrogens with one attached hydrogen (secondary N) is 2. The molecule has 8 heteroatoms. The summed E-state index contributed by atoms with van der Waals surface area (Å²) in [5.41, 5.74) is 1.30. The van der Waals surface area contributed by atoms with Crippen molar-refractivity contribution in [1.29, 1.82) is 0 Å². The normalized spacial score (nSPS) is 19.0. The molecule has 0 spiro atoms. The molecular formula is C22H34IN7. The number of para-hydroxylation sites is 1. The summed E-state index contributed by atoms with van der Waals surface area (Å²) in [7, 11) is 1.84. The van der Waals surface area contributed by atoms with Crippen molar-refractivity contribution < 1.29 is 0 Å². The molecule has 1 saturated heterocycles. The van der Waals surface area contributed by atoms with Crippen LogP contribution in [-0.4, -0.2) is 53.4 Å². The Morgan fingerprint density at radius 2 is 2.00 bits per heavy atom. The van der Waals surface area contributed by atoms with Crippen LogP contribution in [0.3, 0.4) is 0 Å². The Bertz CT molecular complexity index is 805. The van der Waals surface area contributed by atoms with Crippen LogP contribution in [0.4, 0.5) is 5.69 Å². The first-order valence-corrected chi connectivity index (χ1v) is 11.0. The third-order valence-electron chi connectivity index (χ3n) is 5.93. The molecule has 2 aromatic rings. The Morgan fingerprint density at radius 3 is 2.83 bits per heavy atom. The topological polar surface area (TPSA) is 70.4 Å². The molecule has 164 valence electrons. The predicted octanol–water partition coefficient (Wildman–Crippen LogP) is 3.00. The molecule has 0 bridgehead atoms. The molecule has 3 heterocycles. The van der Waals surface area contributed by atoms with E-state index in [1.165, 1.54) is 30.8 Å². The summed E-state index contributed by atoms with van der Waals surface area (Å²) in [5.74, 6) is 3.21. The number of aryl methyl sites for hydroxylation is 2. The molecule has 0 aliphatic carbocycles. The first kappa shape index (κ1) is 22.8. The van der Waals surface area contributed by atoms with Crippen LogP contribution >= 0.6 is 24.0 Å². The summed E-state index contributed by atoms with van der Waals surface area (Å²) < 4.78 is 2.34. The van der Waals surface area contributed by atoms with Gasteiger partial charge in [0, 0.05) is 57.8 Å². The number of guanidine groups is 1. The first-order chi connectivity index (χ1) is 14.3. The number of hydrogen-bond donors (Lipinski definition) is 2. The second kappa shape index (κ2) is 11.5. The fraction of sp³-hybridized carbons (Fsp3) is 0.591. The number of aliphatic imine (C=N–C) groups is 1. The van der Waals surface area contributed by atoms with Crippen LogP contribution < -0.4 is 15.5 Å². The van der Waals surface area contributed by atoms with Gasteiger partial charge in [0.2, 0.25) is 0 Å². The number of benzene rings is 1. The minimum atomic E-state index is 0. The van der Waals surface area contributed by atoms with E-state index in [1.54, 1.807) is 0 Å². The molecule has 2 N–H and O–H groups in total. The van der Waals surface area contributed by atoms with Gasteiger partial charge < -0.3 is 20.1 Å². The molecule has 0 amide bonds. The van der Waals surface area contributed by atoms with Crippen molar-refractivity contribution in [2.24, 2.45) is 4.99 Å². The van der Waals surface area contributed by atoms with Crippen molar-refractivity contribution in [2.75, 3.05) is 31.6 Å². The molecule has 1 unspecified atom stereocenters. The molecule has 30 heavy (non-hydrogen) atoms. The van der Waals surface area contributed by atoms with Crippen LogP contribution in [0.2, 0.25) is 0 Å². The van der Waals surface area contributed by atoms with Crippen molar-refractivity contribution >= 4 is 35.6 Å². The average Bonchev–Trinajstić information content (AvgIpc) is 3.31. The lowest BCUT2D eigenvalue weighted by atomic mass is 10.2. The molecule has 1 aromatic heterocycles. The number of anilines is 1. The zero-order valence-electron chi connectivity index (χ0n) is 17.9. The van der Waals surface area contributed by atoms with Gasteiger partial charge in [0.1, 0.15) is 11.6 Å². The second-order valence-electron chi connectivity index (χ2n) is 8.01. The van der Waals surface area contributed by atoms with Crippen LogP contribution in [0.15, 0.2) is 35.3 Å². The highest BCUT2D eigenvalue weighted by molar-refractivity contribution is 14.0. The standard InChI is InChI=1S/C22H33N7.HI/c1-23-22(25-18-13-16-28(17-18)19-9-4-2-5-10-19)24-14-8-12-21-27-26-20-11-6-3-7-15-29(20)21;/h2,4-5,9-10,18H,3,6-8,11-17H2,1H3,(H2,23,24,25);1H. The van der Waals surface area contributed by atoms with E-state index in [4.69, 9.17) is 0 Å². The van der Waals surface area contributed by atoms with Gasteiger partial charge in [-0.15, -0.1) is 34.2 Å². The van der Waals surface area contributed by atoms with Crippen molar-refractivity contribution in [3.05, 3.63) is 42.0 Å². The number of nitrogens with zero attached hydrogens (tertiary/aromatic N) is 5. The highest BCUT2D eigenvalue weighted by atomic mass is 127. The predicted molar refractivity (Wildman–Crippen MR) is 133 cm³/mol. The van der Waals surface area contributed by atoms with Crippen LogP contribution in [0.25, 0.3) is 0 Å². The molecule has 1 fully saturated rings. The van der Waals surface area contributed by atoms with Gasteiger partial charge in [-0.1, -0.05) is 24.6 Å². The minimum absolute atomic E-state index is 0. The van der Waals surface area contributed by atoms with Crippen molar-refractivity contribution in [3.8, 4) is 0 Å². The Labute approximate surface area is 196 Å². The Hall–Kier alpha value is -1.84. The number of hydrogen-bond acceptors (Lipinski definition) is 4. The molecule has 2 aliphatic rings. The van der Waals surface area contributed by atoms with Gasteiger partial charge in [0.05, 0.1) is 0 Å². The van der Waals surface area contributed by atoms with Gasteiger partial charge in [-0.25, -0.2) is 0 Å². The maximum atomic E-state index is 4.43. The van der Waals surface area contributed by atoms with Gasteiger partial charge in [-0.3, -0.25) is 4.99 Å². The minimum Gasteiger partial charge on any atom is -0.369 e. The van der Waals surface area contributed by atoms with E-state index < -0.39 is 0 Å². The lowest BCUT2D eigenvalue weighted by molar-refractivity contribution is 0.591. The lowest BCUT2D eigenvalue weighted by Gasteiger charge is -2.20. The van der Waals surface area contributed by atoms with Gasteiger partial charge in [-0.2, -0.15) is 0 Å². The third-order valence-corrected chi connectivity index (χ3v) is 5.93. The summed E-state index contributed by atoms with van der Waals surface area (Å²) in [6.07, 6.45) is 7.97. The number of fused-ring (bicyclic) bond motifs is 1. The SMILES string of the molecule is CN=C(NCCCc1nnc2n1CCCCC2)NC1CCN(c2ccccc2)C1.I. The maximum absolute atomic E-state index is 4.43. The Kier molecular flexibility index (Phi) is 8.77. The van der Waals surface area contributed by atoms with Gasteiger partial charge >= 0.3 is 0 Å². The van der Waals surface area contributed by atoms with Crippen LogP contribution in [0.1, 0.15) is 43.8 Å². The van der Waals surface area contributed by atoms with Crippen LogP contribution in [-0.2, 0) is 19.4 Å². The quantitative estimate of drug-likeness (QED) is 0.264. The van der Waals surface area contributed by atoms with Gasteiger partial charge in [0.25, 0.3) is 0 Å². The van der Waals surface area contributed by atoms with Crippen molar-refractivity contribution in [3.63, 3.8) is 0 Å². The Morgan fingerprint density at radius 1 is 1.13 bits per heavy atom. The zero-order valence-corrected chi connectivity index (χ0v) is 20.2. The number of aromatic nitrogens is 3.